The van der Waals surface area contributed by atoms with Crippen molar-refractivity contribution in [1.29, 1.82) is 0 Å². The Bertz CT molecular complexity index is 530. The number of nitrogens with zero attached hydrogens (tertiary/aromatic N) is 3. The topological polar surface area (TPSA) is 56.7 Å². The van der Waals surface area contributed by atoms with Crippen molar-refractivity contribution in [2.24, 2.45) is 12.8 Å². The summed E-state index contributed by atoms with van der Waals surface area (Å²) >= 11 is 0. The maximum Gasteiger partial charge on any atom is 0.0596 e. The van der Waals surface area contributed by atoms with Crippen molar-refractivity contribution in [3.05, 3.63) is 47.0 Å². The smallest absolute Gasteiger partial charge is 0.0596 e. The zero-order valence-corrected chi connectivity index (χ0v) is 11.2. The predicted molar refractivity (Wildman–Crippen MR) is 72.2 cm³/mol. The van der Waals surface area contributed by atoms with Gasteiger partial charge in [-0.2, -0.15) is 5.10 Å². The van der Waals surface area contributed by atoms with Crippen LogP contribution in [0.4, 0.5) is 0 Å². The summed E-state index contributed by atoms with van der Waals surface area (Å²) in [6.45, 7) is 4.13. The SMILES string of the molecule is CCc1cnccc1C(N)Cc1cc(C)nn1C. The van der Waals surface area contributed by atoms with Crippen LogP contribution >= 0.6 is 0 Å². The Hall–Kier alpha value is -1.68. The highest BCUT2D eigenvalue weighted by atomic mass is 15.3. The molecule has 0 aliphatic heterocycles. The van der Waals surface area contributed by atoms with Gasteiger partial charge in [0.1, 0.15) is 0 Å². The van der Waals surface area contributed by atoms with Gasteiger partial charge in [-0.1, -0.05) is 6.92 Å². The van der Waals surface area contributed by atoms with Crippen molar-refractivity contribution in [2.75, 3.05) is 0 Å². The number of aromatic nitrogens is 3. The molecule has 0 spiro atoms. The Morgan fingerprint density at radius 3 is 2.83 bits per heavy atom. The van der Waals surface area contributed by atoms with E-state index in [9.17, 15) is 0 Å². The molecule has 0 saturated heterocycles. The summed E-state index contributed by atoms with van der Waals surface area (Å²) in [5, 5.41) is 4.35. The fraction of sp³-hybridized carbons (Fsp3) is 0.429. The van der Waals surface area contributed by atoms with Crippen molar-refractivity contribution >= 4 is 0 Å². The largest absolute Gasteiger partial charge is 0.324 e. The maximum absolute atomic E-state index is 6.31. The lowest BCUT2D eigenvalue weighted by molar-refractivity contribution is 0.635. The summed E-state index contributed by atoms with van der Waals surface area (Å²) in [7, 11) is 1.96. The van der Waals surface area contributed by atoms with Crippen LogP contribution in [0.2, 0.25) is 0 Å². The fourth-order valence-corrected chi connectivity index (χ4v) is 2.29. The molecule has 0 fully saturated rings. The second-order valence-electron chi connectivity index (χ2n) is 4.64. The van der Waals surface area contributed by atoms with E-state index in [0.717, 1.165) is 18.5 Å². The van der Waals surface area contributed by atoms with Crippen LogP contribution < -0.4 is 5.73 Å². The first-order chi connectivity index (χ1) is 8.61. The lowest BCUT2D eigenvalue weighted by atomic mass is 9.98. The second kappa shape index (κ2) is 5.31. The van der Waals surface area contributed by atoms with Gasteiger partial charge in [0.2, 0.25) is 0 Å². The molecule has 1 unspecified atom stereocenters. The first-order valence-electron chi connectivity index (χ1n) is 6.29. The van der Waals surface area contributed by atoms with Gasteiger partial charge in [0.25, 0.3) is 0 Å². The molecule has 0 bridgehead atoms. The van der Waals surface area contributed by atoms with Gasteiger partial charge in [-0.15, -0.1) is 0 Å². The molecule has 0 amide bonds. The lowest BCUT2D eigenvalue weighted by Gasteiger charge is -2.15. The molecule has 4 nitrogen and oxygen atoms in total. The van der Waals surface area contributed by atoms with Crippen molar-refractivity contribution in [3.8, 4) is 0 Å². The predicted octanol–water partition coefficient (Wildman–Crippen LogP) is 1.93. The summed E-state index contributed by atoms with van der Waals surface area (Å²) < 4.78 is 1.90. The van der Waals surface area contributed by atoms with Crippen LogP contribution in [0.15, 0.2) is 24.5 Å². The third kappa shape index (κ3) is 2.59. The van der Waals surface area contributed by atoms with Gasteiger partial charge in [0, 0.05) is 37.6 Å². The number of rotatable bonds is 4. The van der Waals surface area contributed by atoms with Crippen LogP contribution in [-0.4, -0.2) is 14.8 Å². The summed E-state index contributed by atoms with van der Waals surface area (Å²) in [5.41, 5.74) is 10.9. The summed E-state index contributed by atoms with van der Waals surface area (Å²) in [5.74, 6) is 0. The van der Waals surface area contributed by atoms with Gasteiger partial charge in [0.15, 0.2) is 0 Å². The second-order valence-corrected chi connectivity index (χ2v) is 4.64. The van der Waals surface area contributed by atoms with Gasteiger partial charge in [0.05, 0.1) is 5.69 Å². The number of aryl methyl sites for hydroxylation is 3. The Balaban J connectivity index is 2.21. The normalized spacial score (nSPS) is 12.7. The zero-order chi connectivity index (χ0) is 13.1. The number of hydrogen-bond acceptors (Lipinski definition) is 3. The highest BCUT2D eigenvalue weighted by Crippen LogP contribution is 2.19. The van der Waals surface area contributed by atoms with Crippen molar-refractivity contribution in [2.45, 2.75) is 32.7 Å². The van der Waals surface area contributed by atoms with Crippen molar-refractivity contribution < 1.29 is 0 Å². The molecule has 96 valence electrons. The van der Waals surface area contributed by atoms with Gasteiger partial charge < -0.3 is 5.73 Å². The molecule has 1 atom stereocenters. The fourth-order valence-electron chi connectivity index (χ4n) is 2.29. The van der Waals surface area contributed by atoms with E-state index in [2.05, 4.69) is 23.1 Å². The molecule has 0 radical (unpaired) electrons. The maximum atomic E-state index is 6.31. The Morgan fingerprint density at radius 1 is 1.44 bits per heavy atom. The Labute approximate surface area is 108 Å². The highest BCUT2D eigenvalue weighted by Gasteiger charge is 2.13. The average molecular weight is 244 g/mol. The van der Waals surface area contributed by atoms with Gasteiger partial charge in [-0.05, 0) is 36.6 Å². The van der Waals surface area contributed by atoms with Gasteiger partial charge >= 0.3 is 0 Å². The Kier molecular flexibility index (Phi) is 3.77. The molecule has 2 aromatic rings. The lowest BCUT2D eigenvalue weighted by Crippen LogP contribution is -2.17. The standard InChI is InChI=1S/C14H20N4/c1-4-11-9-16-6-5-13(11)14(15)8-12-7-10(2)17-18(12)3/h5-7,9,14H,4,8,15H2,1-3H3. The van der Waals surface area contributed by atoms with E-state index in [1.54, 1.807) is 0 Å². The third-order valence-corrected chi connectivity index (χ3v) is 3.25. The number of pyridine rings is 1. The third-order valence-electron chi connectivity index (χ3n) is 3.25. The van der Waals surface area contributed by atoms with E-state index in [1.165, 1.54) is 16.8 Å². The number of hydrogen-bond donors (Lipinski definition) is 1. The van der Waals surface area contributed by atoms with Gasteiger partial charge in [-0.25, -0.2) is 0 Å². The molecule has 18 heavy (non-hydrogen) atoms. The van der Waals surface area contributed by atoms with Crippen LogP contribution in [0.3, 0.4) is 0 Å². The summed E-state index contributed by atoms with van der Waals surface area (Å²) in [4.78, 5) is 4.15. The quantitative estimate of drug-likeness (QED) is 0.894. The minimum atomic E-state index is -0.00208. The van der Waals surface area contributed by atoms with E-state index in [0.29, 0.717) is 0 Å². The van der Waals surface area contributed by atoms with Crippen LogP contribution in [0.5, 0.6) is 0 Å². The highest BCUT2D eigenvalue weighted by molar-refractivity contribution is 5.28. The monoisotopic (exact) mass is 244 g/mol. The first kappa shape index (κ1) is 12.8. The average Bonchev–Trinajstić information content (AvgIpc) is 2.67. The van der Waals surface area contributed by atoms with Crippen molar-refractivity contribution in [3.63, 3.8) is 0 Å². The van der Waals surface area contributed by atoms with Crippen LogP contribution in [0, 0.1) is 6.92 Å². The minimum absolute atomic E-state index is 0.00208. The molecule has 2 rings (SSSR count). The molecule has 2 aromatic heterocycles. The minimum Gasteiger partial charge on any atom is -0.324 e. The molecule has 0 aliphatic rings. The molecule has 2 heterocycles. The van der Waals surface area contributed by atoms with Crippen LogP contribution in [0.1, 0.15) is 35.5 Å². The van der Waals surface area contributed by atoms with E-state index in [-0.39, 0.29) is 6.04 Å². The Morgan fingerprint density at radius 2 is 2.22 bits per heavy atom. The van der Waals surface area contributed by atoms with E-state index in [4.69, 9.17) is 5.73 Å². The number of nitrogens with two attached hydrogens (primary N) is 1. The van der Waals surface area contributed by atoms with Gasteiger partial charge in [-0.3, -0.25) is 9.67 Å². The van der Waals surface area contributed by atoms with E-state index >= 15 is 0 Å². The zero-order valence-electron chi connectivity index (χ0n) is 11.2. The molecule has 2 N–H and O–H groups in total. The molecule has 0 aromatic carbocycles. The van der Waals surface area contributed by atoms with E-state index in [1.807, 2.05) is 37.1 Å². The molecule has 0 saturated carbocycles. The molecular formula is C14H20N4. The van der Waals surface area contributed by atoms with E-state index < -0.39 is 0 Å². The van der Waals surface area contributed by atoms with Crippen molar-refractivity contribution in [1.82, 2.24) is 14.8 Å². The summed E-state index contributed by atoms with van der Waals surface area (Å²) in [6.07, 6.45) is 5.47. The van der Waals surface area contributed by atoms with Crippen LogP contribution in [-0.2, 0) is 19.9 Å². The van der Waals surface area contributed by atoms with Crippen LogP contribution in [0.25, 0.3) is 0 Å². The molecule has 0 aliphatic carbocycles. The molecular weight excluding hydrogens is 224 g/mol. The first-order valence-corrected chi connectivity index (χ1v) is 6.29. The molecule has 4 heteroatoms. The summed E-state index contributed by atoms with van der Waals surface area (Å²) in [6, 6.07) is 4.11.